The van der Waals surface area contributed by atoms with Crippen molar-refractivity contribution in [3.8, 4) is 0 Å². The average molecular weight is 244 g/mol. The second-order valence-electron chi connectivity index (χ2n) is 5.12. The Bertz CT molecular complexity index is 242. The van der Waals surface area contributed by atoms with Crippen LogP contribution in [0.4, 0.5) is 0 Å². The fraction of sp³-hybridized carbons (Fsp3) is 0.917. The van der Waals surface area contributed by atoms with Gasteiger partial charge < -0.3 is 20.5 Å². The fourth-order valence-corrected chi connectivity index (χ4v) is 1.64. The van der Waals surface area contributed by atoms with E-state index >= 15 is 0 Å². The molecule has 1 fully saturated rings. The number of amides is 1. The zero-order valence-corrected chi connectivity index (χ0v) is 10.8. The van der Waals surface area contributed by atoms with Crippen LogP contribution < -0.4 is 10.6 Å². The maximum Gasteiger partial charge on any atom is 0.246 e. The van der Waals surface area contributed by atoms with E-state index < -0.39 is 0 Å². The molecule has 0 aromatic heterocycles. The Morgan fingerprint density at radius 3 is 2.82 bits per heavy atom. The zero-order chi connectivity index (χ0) is 12.7. The smallest absolute Gasteiger partial charge is 0.246 e. The van der Waals surface area contributed by atoms with Gasteiger partial charge in [0.25, 0.3) is 0 Å². The van der Waals surface area contributed by atoms with E-state index in [1.165, 1.54) is 0 Å². The van der Waals surface area contributed by atoms with Gasteiger partial charge in [0, 0.05) is 26.2 Å². The standard InChI is InChI=1S/C12H24N2O3/c1-10(6-15)4-3-5-14-11(16)7-17-12(2)8-13-9-12/h10,13,15H,3-9H2,1-2H3,(H,14,16). The van der Waals surface area contributed by atoms with E-state index in [0.29, 0.717) is 12.5 Å². The summed E-state index contributed by atoms with van der Waals surface area (Å²) < 4.78 is 5.51. The Labute approximate surface area is 103 Å². The molecule has 1 heterocycles. The summed E-state index contributed by atoms with van der Waals surface area (Å²) in [7, 11) is 0. The van der Waals surface area contributed by atoms with Crippen LogP contribution >= 0.6 is 0 Å². The van der Waals surface area contributed by atoms with Crippen molar-refractivity contribution in [2.45, 2.75) is 32.3 Å². The average Bonchev–Trinajstić information content (AvgIpc) is 2.29. The van der Waals surface area contributed by atoms with Crippen molar-refractivity contribution < 1.29 is 14.6 Å². The summed E-state index contributed by atoms with van der Waals surface area (Å²) in [6.45, 7) is 6.62. The van der Waals surface area contributed by atoms with Crippen LogP contribution in [-0.2, 0) is 9.53 Å². The van der Waals surface area contributed by atoms with Crippen LogP contribution in [0.2, 0.25) is 0 Å². The Hall–Kier alpha value is -0.650. The minimum atomic E-state index is -0.164. The van der Waals surface area contributed by atoms with Gasteiger partial charge >= 0.3 is 0 Å². The van der Waals surface area contributed by atoms with Crippen molar-refractivity contribution in [2.75, 3.05) is 32.8 Å². The summed E-state index contributed by atoms with van der Waals surface area (Å²) >= 11 is 0. The third-order valence-corrected chi connectivity index (χ3v) is 3.06. The molecule has 5 nitrogen and oxygen atoms in total. The Morgan fingerprint density at radius 2 is 2.29 bits per heavy atom. The van der Waals surface area contributed by atoms with Crippen LogP contribution in [-0.4, -0.2) is 49.5 Å². The molecule has 0 aliphatic carbocycles. The van der Waals surface area contributed by atoms with Gasteiger partial charge in [-0.3, -0.25) is 4.79 Å². The molecule has 5 heteroatoms. The van der Waals surface area contributed by atoms with Crippen LogP contribution in [0.1, 0.15) is 26.7 Å². The Morgan fingerprint density at radius 1 is 1.59 bits per heavy atom. The lowest BCUT2D eigenvalue weighted by molar-refractivity contribution is -0.135. The minimum Gasteiger partial charge on any atom is -0.396 e. The Balaban J connectivity index is 1.97. The molecule has 17 heavy (non-hydrogen) atoms. The predicted molar refractivity (Wildman–Crippen MR) is 65.7 cm³/mol. The molecule has 1 amide bonds. The number of carbonyl (C=O) groups is 1. The lowest BCUT2D eigenvalue weighted by Gasteiger charge is -2.38. The third kappa shape index (κ3) is 5.48. The fourth-order valence-electron chi connectivity index (χ4n) is 1.64. The zero-order valence-electron chi connectivity index (χ0n) is 10.8. The van der Waals surface area contributed by atoms with Crippen LogP contribution in [0.15, 0.2) is 0 Å². The second-order valence-corrected chi connectivity index (χ2v) is 5.12. The largest absolute Gasteiger partial charge is 0.396 e. The van der Waals surface area contributed by atoms with Gasteiger partial charge in [-0.05, 0) is 25.7 Å². The normalized spacial score (nSPS) is 19.5. The first-order valence-electron chi connectivity index (χ1n) is 6.28. The van der Waals surface area contributed by atoms with E-state index in [0.717, 1.165) is 25.9 Å². The highest BCUT2D eigenvalue weighted by Crippen LogP contribution is 2.14. The maximum atomic E-state index is 11.4. The number of carbonyl (C=O) groups excluding carboxylic acids is 1. The van der Waals surface area contributed by atoms with E-state index in [9.17, 15) is 4.79 Å². The summed E-state index contributed by atoms with van der Waals surface area (Å²) in [5.74, 6) is 0.248. The number of hydrogen-bond acceptors (Lipinski definition) is 4. The first-order chi connectivity index (χ1) is 8.06. The quantitative estimate of drug-likeness (QED) is 0.521. The molecule has 3 N–H and O–H groups in total. The first kappa shape index (κ1) is 14.4. The van der Waals surface area contributed by atoms with Crippen molar-refractivity contribution in [2.24, 2.45) is 5.92 Å². The highest BCUT2D eigenvalue weighted by atomic mass is 16.5. The van der Waals surface area contributed by atoms with Crippen molar-refractivity contribution in [1.82, 2.24) is 10.6 Å². The molecule has 0 spiro atoms. The second kappa shape index (κ2) is 6.93. The summed E-state index contributed by atoms with van der Waals surface area (Å²) in [4.78, 5) is 11.4. The van der Waals surface area contributed by atoms with Gasteiger partial charge in [0.2, 0.25) is 5.91 Å². The molecular formula is C12H24N2O3. The van der Waals surface area contributed by atoms with Crippen molar-refractivity contribution in [1.29, 1.82) is 0 Å². The first-order valence-corrected chi connectivity index (χ1v) is 6.28. The van der Waals surface area contributed by atoms with E-state index in [1.54, 1.807) is 0 Å². The molecular weight excluding hydrogens is 220 g/mol. The van der Waals surface area contributed by atoms with E-state index in [-0.39, 0.29) is 24.7 Å². The molecule has 0 aromatic carbocycles. The van der Waals surface area contributed by atoms with Gasteiger partial charge in [-0.1, -0.05) is 6.92 Å². The van der Waals surface area contributed by atoms with Gasteiger partial charge in [-0.15, -0.1) is 0 Å². The molecule has 0 aromatic rings. The summed E-state index contributed by atoms with van der Waals surface area (Å²) in [5, 5.41) is 14.8. The number of rotatable bonds is 8. The lowest BCUT2D eigenvalue weighted by Crippen LogP contribution is -2.59. The topological polar surface area (TPSA) is 70.6 Å². The van der Waals surface area contributed by atoms with Gasteiger partial charge in [0.05, 0.1) is 5.60 Å². The highest BCUT2D eigenvalue weighted by Gasteiger charge is 2.32. The van der Waals surface area contributed by atoms with Crippen LogP contribution in [0.3, 0.4) is 0 Å². The molecule has 1 aliphatic heterocycles. The molecule has 1 saturated heterocycles. The van der Waals surface area contributed by atoms with Crippen molar-refractivity contribution in [3.63, 3.8) is 0 Å². The molecule has 0 saturated carbocycles. The molecule has 1 rings (SSSR count). The van der Waals surface area contributed by atoms with Gasteiger partial charge in [0.15, 0.2) is 0 Å². The minimum absolute atomic E-state index is 0.0604. The summed E-state index contributed by atoms with van der Waals surface area (Å²) in [6.07, 6.45) is 1.82. The van der Waals surface area contributed by atoms with Crippen molar-refractivity contribution >= 4 is 5.91 Å². The van der Waals surface area contributed by atoms with Gasteiger partial charge in [-0.2, -0.15) is 0 Å². The van der Waals surface area contributed by atoms with E-state index in [2.05, 4.69) is 10.6 Å². The molecule has 1 atom stereocenters. The monoisotopic (exact) mass is 244 g/mol. The summed E-state index contributed by atoms with van der Waals surface area (Å²) in [5.41, 5.74) is -0.164. The number of nitrogens with one attached hydrogen (secondary N) is 2. The van der Waals surface area contributed by atoms with Gasteiger partial charge in [0.1, 0.15) is 6.61 Å². The number of aliphatic hydroxyl groups excluding tert-OH is 1. The van der Waals surface area contributed by atoms with E-state index in [4.69, 9.17) is 9.84 Å². The number of hydrogen-bond donors (Lipinski definition) is 3. The highest BCUT2D eigenvalue weighted by molar-refractivity contribution is 5.77. The van der Waals surface area contributed by atoms with Crippen LogP contribution in [0.25, 0.3) is 0 Å². The maximum absolute atomic E-state index is 11.4. The van der Waals surface area contributed by atoms with Crippen LogP contribution in [0.5, 0.6) is 0 Å². The molecule has 100 valence electrons. The molecule has 0 radical (unpaired) electrons. The molecule has 0 bridgehead atoms. The lowest BCUT2D eigenvalue weighted by atomic mass is 10.0. The third-order valence-electron chi connectivity index (χ3n) is 3.06. The number of ether oxygens (including phenoxy) is 1. The number of aliphatic hydroxyl groups is 1. The Kier molecular flexibility index (Phi) is 5.88. The molecule has 1 unspecified atom stereocenters. The predicted octanol–water partition coefficient (Wildman–Crippen LogP) is -0.110. The SMILES string of the molecule is CC(CO)CCCNC(=O)COC1(C)CNC1. The molecule has 1 aliphatic rings. The van der Waals surface area contributed by atoms with Gasteiger partial charge in [-0.25, -0.2) is 0 Å². The summed E-state index contributed by atoms with van der Waals surface area (Å²) in [6, 6.07) is 0. The van der Waals surface area contributed by atoms with Crippen LogP contribution in [0, 0.1) is 5.92 Å². The van der Waals surface area contributed by atoms with Crippen molar-refractivity contribution in [3.05, 3.63) is 0 Å². The van der Waals surface area contributed by atoms with E-state index in [1.807, 2.05) is 13.8 Å².